The molecule has 0 fully saturated rings. The zero-order valence-electron chi connectivity index (χ0n) is 41.2. The third kappa shape index (κ3) is 49.2. The molecule has 0 aliphatic heterocycles. The minimum atomic E-state index is -0.865. The fraction of sp³-hybridized carbons (Fsp3) is 0.842. The zero-order chi connectivity index (χ0) is 44.2. The molecule has 0 aliphatic carbocycles. The van der Waals surface area contributed by atoms with Crippen LogP contribution >= 0.6 is 0 Å². The van der Waals surface area contributed by atoms with Crippen molar-refractivity contribution in [2.24, 2.45) is 0 Å². The van der Waals surface area contributed by atoms with Gasteiger partial charge in [0.05, 0.1) is 18.8 Å². The van der Waals surface area contributed by atoms with E-state index < -0.39 is 12.1 Å². The summed E-state index contributed by atoms with van der Waals surface area (Å²) in [5, 5.41) is 23.1. The summed E-state index contributed by atoms with van der Waals surface area (Å²) in [5.74, 6) is -0.0738. The van der Waals surface area contributed by atoms with Crippen molar-refractivity contribution in [3.05, 3.63) is 48.6 Å². The summed E-state index contributed by atoms with van der Waals surface area (Å²) in [5.41, 5.74) is 0. The van der Waals surface area contributed by atoms with E-state index in [0.717, 1.165) is 38.5 Å². The Morgan fingerprint density at radius 1 is 0.393 bits per heavy atom. The number of allylic oxidation sites excluding steroid dienone is 7. The molecular formula is C57H107NO3. The van der Waals surface area contributed by atoms with Gasteiger partial charge in [-0.15, -0.1) is 0 Å². The number of rotatable bonds is 50. The molecular weight excluding hydrogens is 747 g/mol. The van der Waals surface area contributed by atoms with E-state index in [1.54, 1.807) is 6.08 Å². The molecule has 0 aromatic heterocycles. The highest BCUT2D eigenvalue weighted by atomic mass is 16.3. The van der Waals surface area contributed by atoms with Gasteiger partial charge in [0.15, 0.2) is 0 Å². The summed E-state index contributed by atoms with van der Waals surface area (Å²) in [6.07, 6.45) is 72.6. The SMILES string of the molecule is CCCCCCC/C=C\C/C=C\CCCCCCCCCCCCCC(=O)NC(CO)C(O)/C=C/CC/C=C/CCCCCCCCCCCCCCCCCCCCCC. The first-order chi connectivity index (χ1) is 30.2. The highest BCUT2D eigenvalue weighted by molar-refractivity contribution is 5.76. The van der Waals surface area contributed by atoms with Crippen LogP contribution in [0.1, 0.15) is 290 Å². The predicted molar refractivity (Wildman–Crippen MR) is 271 cm³/mol. The minimum Gasteiger partial charge on any atom is -0.394 e. The van der Waals surface area contributed by atoms with Crippen molar-refractivity contribution < 1.29 is 15.0 Å². The third-order valence-electron chi connectivity index (χ3n) is 12.5. The largest absolute Gasteiger partial charge is 0.394 e. The molecule has 0 spiro atoms. The lowest BCUT2D eigenvalue weighted by molar-refractivity contribution is -0.123. The molecule has 0 heterocycles. The van der Waals surface area contributed by atoms with Gasteiger partial charge in [0.25, 0.3) is 0 Å². The number of amides is 1. The Balaban J connectivity index is 3.54. The fourth-order valence-corrected chi connectivity index (χ4v) is 8.34. The lowest BCUT2D eigenvalue weighted by Gasteiger charge is -2.19. The Hall–Kier alpha value is -1.65. The van der Waals surface area contributed by atoms with Gasteiger partial charge in [0, 0.05) is 6.42 Å². The lowest BCUT2D eigenvalue weighted by atomic mass is 10.0. The Bertz CT molecular complexity index is 970. The summed E-state index contributed by atoms with van der Waals surface area (Å²) in [6.45, 7) is 4.31. The van der Waals surface area contributed by atoms with Gasteiger partial charge < -0.3 is 15.5 Å². The number of nitrogens with one attached hydrogen (secondary N) is 1. The average molecular weight is 854 g/mol. The van der Waals surface area contributed by atoms with Crippen molar-refractivity contribution in [2.45, 2.75) is 302 Å². The second-order valence-corrected chi connectivity index (χ2v) is 18.6. The van der Waals surface area contributed by atoms with Gasteiger partial charge in [0.2, 0.25) is 5.91 Å². The summed E-state index contributed by atoms with van der Waals surface area (Å²) >= 11 is 0. The van der Waals surface area contributed by atoms with Crippen molar-refractivity contribution in [2.75, 3.05) is 6.61 Å². The van der Waals surface area contributed by atoms with Crippen LogP contribution in [0.4, 0.5) is 0 Å². The second-order valence-electron chi connectivity index (χ2n) is 18.6. The van der Waals surface area contributed by atoms with Crippen LogP contribution in [0, 0.1) is 0 Å². The molecule has 1 amide bonds. The van der Waals surface area contributed by atoms with E-state index >= 15 is 0 Å². The van der Waals surface area contributed by atoms with Crippen molar-refractivity contribution in [3.8, 4) is 0 Å². The first-order valence-corrected chi connectivity index (χ1v) is 27.4. The molecule has 0 aromatic rings. The van der Waals surface area contributed by atoms with Gasteiger partial charge in [-0.2, -0.15) is 0 Å². The molecule has 0 rings (SSSR count). The highest BCUT2D eigenvalue weighted by Gasteiger charge is 2.18. The number of hydrogen-bond donors (Lipinski definition) is 3. The van der Waals surface area contributed by atoms with Crippen LogP contribution in [-0.2, 0) is 4.79 Å². The second kappa shape index (κ2) is 52.7. The van der Waals surface area contributed by atoms with Crippen molar-refractivity contribution in [1.29, 1.82) is 0 Å². The molecule has 0 saturated heterocycles. The zero-order valence-corrected chi connectivity index (χ0v) is 41.2. The number of carbonyl (C=O) groups excluding carboxylic acids is 1. The normalized spacial score (nSPS) is 13.2. The number of carbonyl (C=O) groups is 1. The lowest BCUT2D eigenvalue weighted by Crippen LogP contribution is -2.45. The molecule has 61 heavy (non-hydrogen) atoms. The maximum Gasteiger partial charge on any atom is 0.220 e. The molecule has 0 aliphatic rings. The first-order valence-electron chi connectivity index (χ1n) is 27.4. The Morgan fingerprint density at radius 2 is 0.689 bits per heavy atom. The first kappa shape index (κ1) is 59.4. The van der Waals surface area contributed by atoms with Crippen LogP contribution in [0.3, 0.4) is 0 Å². The van der Waals surface area contributed by atoms with Crippen molar-refractivity contribution >= 4 is 5.91 Å². The van der Waals surface area contributed by atoms with Crippen LogP contribution in [0.5, 0.6) is 0 Å². The molecule has 0 radical (unpaired) electrons. The number of hydrogen-bond acceptors (Lipinski definition) is 3. The highest BCUT2D eigenvalue weighted by Crippen LogP contribution is 2.16. The smallest absolute Gasteiger partial charge is 0.220 e. The quantitative estimate of drug-likeness (QED) is 0.0422. The Morgan fingerprint density at radius 3 is 1.05 bits per heavy atom. The maximum absolute atomic E-state index is 12.5. The maximum atomic E-state index is 12.5. The summed E-state index contributed by atoms with van der Waals surface area (Å²) in [6, 6.07) is -0.642. The van der Waals surface area contributed by atoms with Crippen LogP contribution in [0.25, 0.3) is 0 Å². The molecule has 2 unspecified atom stereocenters. The summed E-state index contributed by atoms with van der Waals surface area (Å²) < 4.78 is 0. The third-order valence-corrected chi connectivity index (χ3v) is 12.5. The monoisotopic (exact) mass is 854 g/mol. The molecule has 4 heteroatoms. The number of unbranched alkanes of at least 4 members (excludes halogenated alkanes) is 37. The van der Waals surface area contributed by atoms with E-state index in [2.05, 4.69) is 55.6 Å². The summed E-state index contributed by atoms with van der Waals surface area (Å²) in [7, 11) is 0. The van der Waals surface area contributed by atoms with E-state index in [9.17, 15) is 15.0 Å². The van der Waals surface area contributed by atoms with Gasteiger partial charge in [-0.1, -0.05) is 268 Å². The van der Waals surface area contributed by atoms with E-state index in [0.29, 0.717) is 6.42 Å². The van der Waals surface area contributed by atoms with Gasteiger partial charge in [-0.3, -0.25) is 4.79 Å². The summed E-state index contributed by atoms with van der Waals surface area (Å²) in [4.78, 5) is 12.5. The molecule has 0 bridgehead atoms. The van der Waals surface area contributed by atoms with Gasteiger partial charge in [-0.25, -0.2) is 0 Å². The van der Waals surface area contributed by atoms with Crippen LogP contribution < -0.4 is 5.32 Å². The minimum absolute atomic E-state index is 0.0738. The topological polar surface area (TPSA) is 69.6 Å². The molecule has 358 valence electrons. The number of aliphatic hydroxyl groups is 2. The molecule has 0 aromatic carbocycles. The van der Waals surface area contributed by atoms with Crippen LogP contribution in [-0.4, -0.2) is 34.9 Å². The Kier molecular flexibility index (Phi) is 51.3. The van der Waals surface area contributed by atoms with E-state index in [-0.39, 0.29) is 12.5 Å². The van der Waals surface area contributed by atoms with Crippen molar-refractivity contribution in [3.63, 3.8) is 0 Å². The molecule has 3 N–H and O–H groups in total. The molecule has 4 nitrogen and oxygen atoms in total. The molecule has 2 atom stereocenters. The van der Waals surface area contributed by atoms with Gasteiger partial charge in [-0.05, 0) is 64.2 Å². The van der Waals surface area contributed by atoms with Gasteiger partial charge >= 0.3 is 0 Å². The molecule has 0 saturated carbocycles. The number of aliphatic hydroxyl groups excluding tert-OH is 2. The van der Waals surface area contributed by atoms with E-state index in [1.807, 2.05) is 6.08 Å². The fourth-order valence-electron chi connectivity index (χ4n) is 8.34. The van der Waals surface area contributed by atoms with Crippen LogP contribution in [0.2, 0.25) is 0 Å². The van der Waals surface area contributed by atoms with Gasteiger partial charge in [0.1, 0.15) is 0 Å². The Labute approximate surface area is 382 Å². The standard InChI is InChI=1S/C57H107NO3/c1-3-5-7-9-11-13-15-17-19-21-23-25-27-28-29-31-32-34-36-38-40-42-44-46-48-50-52-56(60)55(54-59)58-57(61)53-51-49-47-45-43-41-39-37-35-33-30-26-24-22-20-18-16-14-12-10-8-6-4-2/h16,18,22,24,42,44,50,52,55-56,59-60H,3-15,17,19-21,23,25-41,43,45-49,51,53-54H2,1-2H3,(H,58,61)/b18-16-,24-22-,44-42+,52-50+. The van der Waals surface area contributed by atoms with Crippen molar-refractivity contribution in [1.82, 2.24) is 5.32 Å². The van der Waals surface area contributed by atoms with Crippen LogP contribution in [0.15, 0.2) is 48.6 Å². The van der Waals surface area contributed by atoms with E-state index in [4.69, 9.17) is 0 Å². The predicted octanol–water partition coefficient (Wildman–Crippen LogP) is 17.9. The average Bonchev–Trinajstić information content (AvgIpc) is 3.26. The van der Waals surface area contributed by atoms with E-state index in [1.165, 1.54) is 231 Å².